The number of hydrogen-bond acceptors (Lipinski definition) is 4. The summed E-state index contributed by atoms with van der Waals surface area (Å²) in [4.78, 5) is 0. The van der Waals surface area contributed by atoms with Gasteiger partial charge in [0.1, 0.15) is 0 Å². The molecule has 3 saturated heterocycles. The molecule has 3 fully saturated rings. The van der Waals surface area contributed by atoms with Gasteiger partial charge >= 0.3 is 0 Å². The fourth-order valence-electron chi connectivity index (χ4n) is 2.63. The standard InChI is InChI=1S/C6H14NP.C5H12NP.C4H11N2P/c1-6-2-4-7(8)5-3-6;7-6-4-2-1-3-5-6;7-6-3-1-5-2-4-6/h6H,2-5,8H2,1H3;1-5,7H2;5H,1-4,7H2. The topological polar surface area (TPSA) is 21.8 Å². The summed E-state index contributed by atoms with van der Waals surface area (Å²) in [6.45, 7) is 12.1. The summed E-state index contributed by atoms with van der Waals surface area (Å²) in [5.41, 5.74) is 0. The average molecular weight is 366 g/mol. The van der Waals surface area contributed by atoms with Crippen molar-refractivity contribution in [3.8, 4) is 0 Å². The summed E-state index contributed by atoms with van der Waals surface area (Å²) in [5, 5.41) is 3.26. The Labute approximate surface area is 145 Å². The molecule has 132 valence electrons. The van der Waals surface area contributed by atoms with Crippen molar-refractivity contribution in [1.29, 1.82) is 0 Å². The zero-order valence-electron chi connectivity index (χ0n) is 14.3. The van der Waals surface area contributed by atoms with Gasteiger partial charge in [-0.1, -0.05) is 41.5 Å². The third-order valence-corrected chi connectivity index (χ3v) is 5.91. The van der Waals surface area contributed by atoms with E-state index in [0.717, 1.165) is 19.0 Å². The van der Waals surface area contributed by atoms with E-state index in [9.17, 15) is 0 Å². The Morgan fingerprint density at radius 2 is 1.14 bits per heavy atom. The van der Waals surface area contributed by atoms with Crippen molar-refractivity contribution in [3.63, 3.8) is 0 Å². The van der Waals surface area contributed by atoms with Gasteiger partial charge in [-0.3, -0.25) is 14.0 Å². The van der Waals surface area contributed by atoms with Gasteiger partial charge in [0, 0.05) is 52.4 Å². The lowest BCUT2D eigenvalue weighted by molar-refractivity contribution is 0.307. The van der Waals surface area contributed by atoms with Crippen LogP contribution in [0.2, 0.25) is 0 Å². The maximum atomic E-state index is 3.26. The molecule has 0 aromatic rings. The highest BCUT2D eigenvalue weighted by atomic mass is 31.0. The first-order valence-electron chi connectivity index (χ1n) is 8.77. The Hall–Kier alpha value is 1.13. The first-order chi connectivity index (χ1) is 10.6. The fourth-order valence-corrected chi connectivity index (χ4v) is 3.55. The van der Waals surface area contributed by atoms with Gasteiger partial charge < -0.3 is 5.32 Å². The van der Waals surface area contributed by atoms with E-state index in [1.54, 1.807) is 0 Å². The summed E-state index contributed by atoms with van der Waals surface area (Å²) >= 11 is 0. The summed E-state index contributed by atoms with van der Waals surface area (Å²) in [7, 11) is 8.19. The van der Waals surface area contributed by atoms with E-state index >= 15 is 0 Å². The molecule has 3 aliphatic rings. The summed E-state index contributed by atoms with van der Waals surface area (Å²) in [5.74, 6) is 0.965. The van der Waals surface area contributed by atoms with E-state index < -0.39 is 0 Å². The molecule has 0 saturated carbocycles. The minimum Gasteiger partial charge on any atom is -0.314 e. The van der Waals surface area contributed by atoms with Crippen molar-refractivity contribution in [2.45, 2.75) is 39.0 Å². The molecule has 3 rings (SSSR count). The molecule has 0 aliphatic carbocycles. The SMILES string of the molecule is CC1CCN(P)CC1.PN1CCCCC1.PN1CCNCC1. The lowest BCUT2D eigenvalue weighted by atomic mass is 10.0. The third-order valence-electron chi connectivity index (χ3n) is 4.36. The number of hydrogen-bond donors (Lipinski definition) is 1. The van der Waals surface area contributed by atoms with E-state index in [1.807, 2.05) is 0 Å². The zero-order chi connectivity index (χ0) is 16.2. The molecular weight excluding hydrogens is 329 g/mol. The molecule has 0 amide bonds. The molecule has 0 bridgehead atoms. The Bertz CT molecular complexity index is 225. The van der Waals surface area contributed by atoms with Gasteiger partial charge in [-0.15, -0.1) is 0 Å². The summed E-state index contributed by atoms with van der Waals surface area (Å²) < 4.78 is 6.88. The highest BCUT2D eigenvalue weighted by Crippen LogP contribution is 2.17. The predicted molar refractivity (Wildman–Crippen MR) is 109 cm³/mol. The van der Waals surface area contributed by atoms with Crippen LogP contribution in [-0.2, 0) is 0 Å². The van der Waals surface area contributed by atoms with Gasteiger partial charge in [-0.2, -0.15) is 0 Å². The van der Waals surface area contributed by atoms with Crippen molar-refractivity contribution in [2.75, 3.05) is 52.4 Å². The maximum absolute atomic E-state index is 3.26. The molecule has 3 heterocycles. The van der Waals surface area contributed by atoms with Crippen LogP contribution in [0, 0.1) is 5.92 Å². The van der Waals surface area contributed by atoms with Crippen LogP contribution < -0.4 is 5.32 Å². The van der Waals surface area contributed by atoms with Crippen LogP contribution in [0.5, 0.6) is 0 Å². The molecule has 0 aromatic heterocycles. The Balaban J connectivity index is 0.000000166. The van der Waals surface area contributed by atoms with Crippen LogP contribution in [0.15, 0.2) is 0 Å². The van der Waals surface area contributed by atoms with Crippen molar-refractivity contribution >= 4 is 28.2 Å². The molecule has 3 unspecified atom stereocenters. The highest BCUT2D eigenvalue weighted by Gasteiger charge is 2.10. The molecule has 1 N–H and O–H groups in total. The Kier molecular flexibility index (Phi) is 12.9. The molecule has 3 atom stereocenters. The lowest BCUT2D eigenvalue weighted by Crippen LogP contribution is -2.37. The number of piperazine rings is 1. The van der Waals surface area contributed by atoms with Gasteiger partial charge in [-0.25, -0.2) is 0 Å². The van der Waals surface area contributed by atoms with Crippen molar-refractivity contribution in [2.24, 2.45) is 5.92 Å². The predicted octanol–water partition coefficient (Wildman–Crippen LogP) is 2.45. The molecule has 4 nitrogen and oxygen atoms in total. The Morgan fingerprint density at radius 3 is 1.45 bits per heavy atom. The van der Waals surface area contributed by atoms with Crippen LogP contribution in [0.25, 0.3) is 0 Å². The summed E-state index contributed by atoms with van der Waals surface area (Å²) in [6, 6.07) is 0. The minimum atomic E-state index is 0.965. The summed E-state index contributed by atoms with van der Waals surface area (Å²) in [6.07, 6.45) is 6.98. The normalized spacial score (nSPS) is 25.6. The highest BCUT2D eigenvalue weighted by molar-refractivity contribution is 7.13. The lowest BCUT2D eigenvalue weighted by Gasteiger charge is -2.25. The van der Waals surface area contributed by atoms with E-state index in [1.165, 1.54) is 71.4 Å². The monoisotopic (exact) mass is 366 g/mol. The second-order valence-corrected chi connectivity index (χ2v) is 8.79. The second kappa shape index (κ2) is 13.4. The zero-order valence-corrected chi connectivity index (χ0v) is 17.8. The maximum Gasteiger partial charge on any atom is 0.0142 e. The molecule has 22 heavy (non-hydrogen) atoms. The smallest absolute Gasteiger partial charge is 0.0142 e. The first kappa shape index (κ1) is 21.2. The van der Waals surface area contributed by atoms with Crippen LogP contribution in [0.3, 0.4) is 0 Å². The number of nitrogens with one attached hydrogen (secondary N) is 1. The van der Waals surface area contributed by atoms with E-state index in [0.29, 0.717) is 0 Å². The largest absolute Gasteiger partial charge is 0.314 e. The number of piperidine rings is 2. The van der Waals surface area contributed by atoms with Crippen LogP contribution in [0.4, 0.5) is 0 Å². The van der Waals surface area contributed by atoms with Gasteiger partial charge in [0.25, 0.3) is 0 Å². The molecule has 0 radical (unpaired) electrons. The van der Waals surface area contributed by atoms with Gasteiger partial charge in [0.05, 0.1) is 0 Å². The van der Waals surface area contributed by atoms with Crippen LogP contribution >= 0.6 is 28.2 Å². The quantitative estimate of drug-likeness (QED) is 0.665. The van der Waals surface area contributed by atoms with E-state index in [-0.39, 0.29) is 0 Å². The minimum absolute atomic E-state index is 0.965. The first-order valence-corrected chi connectivity index (χ1v) is 10.3. The van der Waals surface area contributed by atoms with Crippen molar-refractivity contribution < 1.29 is 0 Å². The molecular formula is C15H37N4P3. The molecule has 3 aliphatic heterocycles. The Morgan fingerprint density at radius 1 is 0.682 bits per heavy atom. The van der Waals surface area contributed by atoms with Gasteiger partial charge in [0.2, 0.25) is 0 Å². The number of rotatable bonds is 0. The number of nitrogens with zero attached hydrogens (tertiary/aromatic N) is 3. The van der Waals surface area contributed by atoms with Crippen LogP contribution in [-0.4, -0.2) is 66.4 Å². The van der Waals surface area contributed by atoms with E-state index in [4.69, 9.17) is 0 Å². The third kappa shape index (κ3) is 11.6. The van der Waals surface area contributed by atoms with Crippen LogP contribution in [0.1, 0.15) is 39.0 Å². The average Bonchev–Trinajstić information content (AvgIpc) is 2.53. The van der Waals surface area contributed by atoms with Crippen molar-refractivity contribution in [3.05, 3.63) is 0 Å². The molecule has 7 heteroatoms. The van der Waals surface area contributed by atoms with Gasteiger partial charge in [0.15, 0.2) is 0 Å². The van der Waals surface area contributed by atoms with E-state index in [2.05, 4.69) is 54.4 Å². The van der Waals surface area contributed by atoms with Gasteiger partial charge in [-0.05, 0) is 31.6 Å². The second-order valence-electron chi connectivity index (χ2n) is 6.60. The van der Waals surface area contributed by atoms with Crippen molar-refractivity contribution in [1.82, 2.24) is 19.3 Å². The molecule has 0 spiro atoms. The molecule has 0 aromatic carbocycles. The fraction of sp³-hybridized carbons (Fsp3) is 1.00.